The Bertz CT molecular complexity index is 337. The molecule has 0 fully saturated rings. The van der Waals surface area contributed by atoms with Crippen LogP contribution in [0, 0.1) is 6.92 Å². The monoisotopic (exact) mass is 237 g/mol. The van der Waals surface area contributed by atoms with Crippen LogP contribution in [0.15, 0.2) is 18.2 Å². The van der Waals surface area contributed by atoms with Gasteiger partial charge in [0.05, 0.1) is 12.7 Å². The molecule has 1 unspecified atom stereocenters. The molecule has 0 aromatic heterocycles. The lowest BCUT2D eigenvalue weighted by Gasteiger charge is -2.13. The molecule has 1 aromatic rings. The Hall–Kier alpha value is -1.06. The second-order valence-electron chi connectivity index (χ2n) is 4.38. The van der Waals surface area contributed by atoms with Crippen LogP contribution in [0.2, 0.25) is 0 Å². The molecule has 0 amide bonds. The maximum Gasteiger partial charge on any atom is 0.123 e. The van der Waals surface area contributed by atoms with Crippen LogP contribution in [0.25, 0.3) is 0 Å². The highest BCUT2D eigenvalue weighted by Gasteiger charge is 2.04. The van der Waals surface area contributed by atoms with Gasteiger partial charge in [-0.1, -0.05) is 24.6 Å². The average Bonchev–Trinajstić information content (AvgIpc) is 2.28. The summed E-state index contributed by atoms with van der Waals surface area (Å²) < 4.78 is 5.70. The van der Waals surface area contributed by atoms with Crippen LogP contribution in [-0.2, 0) is 6.54 Å². The Balaban J connectivity index is 2.62. The van der Waals surface area contributed by atoms with E-state index in [1.165, 1.54) is 11.1 Å². The third-order valence-electron chi connectivity index (χ3n) is 2.57. The van der Waals surface area contributed by atoms with Gasteiger partial charge >= 0.3 is 0 Å². The lowest BCUT2D eigenvalue weighted by molar-refractivity contribution is 0.155. The molecule has 1 atom stereocenters. The highest BCUT2D eigenvalue weighted by molar-refractivity contribution is 5.36. The van der Waals surface area contributed by atoms with Crippen LogP contribution in [-0.4, -0.2) is 24.4 Å². The van der Waals surface area contributed by atoms with E-state index in [2.05, 4.69) is 25.2 Å². The third-order valence-corrected chi connectivity index (χ3v) is 2.57. The molecule has 3 heteroatoms. The van der Waals surface area contributed by atoms with Gasteiger partial charge in [-0.3, -0.25) is 0 Å². The minimum atomic E-state index is -0.308. The van der Waals surface area contributed by atoms with Gasteiger partial charge in [-0.25, -0.2) is 0 Å². The summed E-state index contributed by atoms with van der Waals surface area (Å²) in [6, 6.07) is 6.19. The largest absolute Gasteiger partial charge is 0.493 e. The molecular weight excluding hydrogens is 214 g/mol. The lowest BCUT2D eigenvalue weighted by atomic mass is 10.1. The second-order valence-corrected chi connectivity index (χ2v) is 4.38. The minimum Gasteiger partial charge on any atom is -0.493 e. The zero-order valence-electron chi connectivity index (χ0n) is 11.0. The first-order valence-electron chi connectivity index (χ1n) is 6.24. The molecule has 0 aliphatic carbocycles. The predicted octanol–water partition coefficient (Wildman–Crippen LogP) is 2.25. The minimum absolute atomic E-state index is 0.308. The molecular formula is C14H23NO2. The number of rotatable bonds is 7. The predicted molar refractivity (Wildman–Crippen MR) is 70.4 cm³/mol. The summed E-state index contributed by atoms with van der Waals surface area (Å²) in [4.78, 5) is 0. The van der Waals surface area contributed by atoms with E-state index in [4.69, 9.17) is 4.74 Å². The summed E-state index contributed by atoms with van der Waals surface area (Å²) in [7, 11) is 0. The number of hydrogen-bond acceptors (Lipinski definition) is 3. The highest BCUT2D eigenvalue weighted by Crippen LogP contribution is 2.20. The Morgan fingerprint density at radius 1 is 1.41 bits per heavy atom. The first kappa shape index (κ1) is 14.0. The molecule has 17 heavy (non-hydrogen) atoms. The molecule has 0 heterocycles. The fourth-order valence-electron chi connectivity index (χ4n) is 1.59. The molecule has 1 aromatic carbocycles. The van der Waals surface area contributed by atoms with Crippen LogP contribution >= 0.6 is 0 Å². The van der Waals surface area contributed by atoms with Crippen molar-refractivity contribution in [3.8, 4) is 5.75 Å². The summed E-state index contributed by atoms with van der Waals surface area (Å²) in [6.07, 6.45) is 0.354. The van der Waals surface area contributed by atoms with E-state index in [9.17, 15) is 5.11 Å². The van der Waals surface area contributed by atoms with Crippen LogP contribution in [0.5, 0.6) is 5.75 Å². The van der Waals surface area contributed by atoms with Crippen molar-refractivity contribution in [1.82, 2.24) is 5.32 Å². The maximum atomic E-state index is 9.19. The smallest absolute Gasteiger partial charge is 0.123 e. The highest BCUT2D eigenvalue weighted by atomic mass is 16.5. The van der Waals surface area contributed by atoms with E-state index in [0.29, 0.717) is 13.0 Å². The molecule has 3 nitrogen and oxygen atoms in total. The molecule has 2 N–H and O–H groups in total. The van der Waals surface area contributed by atoms with E-state index in [-0.39, 0.29) is 6.10 Å². The summed E-state index contributed by atoms with van der Waals surface area (Å²) in [5.41, 5.74) is 2.42. The number of benzene rings is 1. The van der Waals surface area contributed by atoms with Gasteiger partial charge < -0.3 is 15.2 Å². The standard InChI is InChI=1S/C14H23NO2/c1-4-15-10-13-9-11(2)5-6-14(13)17-8-7-12(3)16/h5-6,9,12,15-16H,4,7-8,10H2,1-3H3. The average molecular weight is 237 g/mol. The van der Waals surface area contributed by atoms with Gasteiger partial charge in [0.2, 0.25) is 0 Å². The van der Waals surface area contributed by atoms with E-state index in [0.717, 1.165) is 18.8 Å². The topological polar surface area (TPSA) is 41.5 Å². The van der Waals surface area contributed by atoms with Gasteiger partial charge in [0, 0.05) is 18.5 Å². The van der Waals surface area contributed by atoms with E-state index < -0.39 is 0 Å². The van der Waals surface area contributed by atoms with Crippen molar-refractivity contribution in [2.75, 3.05) is 13.2 Å². The molecule has 1 rings (SSSR count). The number of nitrogens with one attached hydrogen (secondary N) is 1. The Morgan fingerprint density at radius 2 is 2.18 bits per heavy atom. The molecule has 0 aliphatic rings. The quantitative estimate of drug-likeness (QED) is 0.764. The van der Waals surface area contributed by atoms with Gasteiger partial charge in [0.25, 0.3) is 0 Å². The summed E-state index contributed by atoms with van der Waals surface area (Å²) in [5, 5.41) is 12.5. The number of aryl methyl sites for hydroxylation is 1. The normalized spacial score (nSPS) is 12.5. The molecule has 0 radical (unpaired) electrons. The first-order valence-corrected chi connectivity index (χ1v) is 6.24. The van der Waals surface area contributed by atoms with Gasteiger partial charge in [-0.15, -0.1) is 0 Å². The van der Waals surface area contributed by atoms with Crippen LogP contribution in [0.3, 0.4) is 0 Å². The van der Waals surface area contributed by atoms with E-state index in [1.807, 2.05) is 12.1 Å². The molecule has 96 valence electrons. The van der Waals surface area contributed by atoms with Crippen molar-refractivity contribution in [2.24, 2.45) is 0 Å². The fraction of sp³-hybridized carbons (Fsp3) is 0.571. The number of hydrogen-bond donors (Lipinski definition) is 2. The first-order chi connectivity index (χ1) is 8.13. The maximum absolute atomic E-state index is 9.19. The summed E-state index contributed by atoms with van der Waals surface area (Å²) in [6.45, 7) is 8.26. The molecule has 0 bridgehead atoms. The van der Waals surface area contributed by atoms with Crippen molar-refractivity contribution >= 4 is 0 Å². The SMILES string of the molecule is CCNCc1cc(C)ccc1OCCC(C)O. The van der Waals surface area contributed by atoms with Crippen molar-refractivity contribution in [2.45, 2.75) is 39.8 Å². The Kier molecular flexibility index (Phi) is 6.01. The number of ether oxygens (including phenoxy) is 1. The summed E-state index contributed by atoms with van der Waals surface area (Å²) >= 11 is 0. The van der Waals surface area contributed by atoms with Crippen LogP contribution in [0.1, 0.15) is 31.4 Å². The van der Waals surface area contributed by atoms with Gasteiger partial charge in [0.1, 0.15) is 5.75 Å². The van der Waals surface area contributed by atoms with Crippen molar-refractivity contribution in [3.05, 3.63) is 29.3 Å². The lowest BCUT2D eigenvalue weighted by Crippen LogP contribution is -2.14. The Labute approximate surface area is 104 Å². The Morgan fingerprint density at radius 3 is 2.82 bits per heavy atom. The van der Waals surface area contributed by atoms with Crippen molar-refractivity contribution in [1.29, 1.82) is 0 Å². The molecule has 0 saturated carbocycles. The zero-order valence-corrected chi connectivity index (χ0v) is 11.0. The van der Waals surface area contributed by atoms with E-state index in [1.54, 1.807) is 6.92 Å². The molecule has 0 spiro atoms. The van der Waals surface area contributed by atoms with Gasteiger partial charge in [0.15, 0.2) is 0 Å². The number of aliphatic hydroxyl groups excluding tert-OH is 1. The van der Waals surface area contributed by atoms with Gasteiger partial charge in [-0.2, -0.15) is 0 Å². The van der Waals surface area contributed by atoms with Gasteiger partial charge in [-0.05, 0) is 26.5 Å². The summed E-state index contributed by atoms with van der Waals surface area (Å²) in [5.74, 6) is 0.914. The zero-order chi connectivity index (χ0) is 12.7. The fourth-order valence-corrected chi connectivity index (χ4v) is 1.59. The second kappa shape index (κ2) is 7.30. The van der Waals surface area contributed by atoms with Crippen molar-refractivity contribution in [3.63, 3.8) is 0 Å². The molecule has 0 saturated heterocycles. The van der Waals surface area contributed by atoms with Crippen LogP contribution < -0.4 is 10.1 Å². The number of aliphatic hydroxyl groups is 1. The van der Waals surface area contributed by atoms with Crippen molar-refractivity contribution < 1.29 is 9.84 Å². The molecule has 0 aliphatic heterocycles. The third kappa shape index (κ3) is 5.20. The van der Waals surface area contributed by atoms with E-state index >= 15 is 0 Å². The van der Waals surface area contributed by atoms with Crippen LogP contribution in [0.4, 0.5) is 0 Å².